The van der Waals surface area contributed by atoms with Crippen molar-refractivity contribution in [1.82, 2.24) is 10.3 Å². The van der Waals surface area contributed by atoms with Gasteiger partial charge in [-0.05, 0) is 31.5 Å². The SMILES string of the molecule is Cc1ncsc1CNC(C)c1ccc(Br)cc1Br. The van der Waals surface area contributed by atoms with Crippen molar-refractivity contribution in [2.75, 3.05) is 0 Å². The fourth-order valence-electron chi connectivity index (χ4n) is 1.70. The summed E-state index contributed by atoms with van der Waals surface area (Å²) in [5.41, 5.74) is 4.28. The molecule has 1 aromatic heterocycles. The van der Waals surface area contributed by atoms with Crippen LogP contribution < -0.4 is 5.32 Å². The molecule has 0 saturated carbocycles. The molecule has 1 N–H and O–H groups in total. The standard InChI is InChI=1S/C13H14Br2N2S/c1-8(11-4-3-10(14)5-12(11)15)16-6-13-9(2)17-7-18-13/h3-5,7-8,16H,6H2,1-2H3. The average molecular weight is 390 g/mol. The fraction of sp³-hybridized carbons (Fsp3) is 0.308. The van der Waals surface area contributed by atoms with E-state index in [9.17, 15) is 0 Å². The second-order valence-electron chi connectivity index (χ2n) is 4.13. The molecule has 0 aliphatic carbocycles. The first-order chi connectivity index (χ1) is 8.58. The van der Waals surface area contributed by atoms with Crippen molar-refractivity contribution in [3.63, 3.8) is 0 Å². The van der Waals surface area contributed by atoms with Crippen LogP contribution in [0.1, 0.15) is 29.1 Å². The minimum atomic E-state index is 0.300. The predicted octanol–water partition coefficient (Wildman–Crippen LogP) is 4.83. The maximum absolute atomic E-state index is 4.26. The van der Waals surface area contributed by atoms with Gasteiger partial charge in [0, 0.05) is 26.4 Å². The maximum atomic E-state index is 4.26. The van der Waals surface area contributed by atoms with Crippen molar-refractivity contribution < 1.29 is 0 Å². The van der Waals surface area contributed by atoms with Gasteiger partial charge in [0.2, 0.25) is 0 Å². The molecule has 0 amide bonds. The van der Waals surface area contributed by atoms with E-state index in [2.05, 4.69) is 67.3 Å². The largest absolute Gasteiger partial charge is 0.305 e. The minimum absolute atomic E-state index is 0.300. The number of rotatable bonds is 4. The highest BCUT2D eigenvalue weighted by Crippen LogP contribution is 2.27. The molecule has 0 aliphatic heterocycles. The molecule has 0 fully saturated rings. The molecule has 1 atom stereocenters. The summed E-state index contributed by atoms with van der Waals surface area (Å²) in [6, 6.07) is 6.57. The molecule has 0 saturated heterocycles. The summed E-state index contributed by atoms with van der Waals surface area (Å²) < 4.78 is 2.21. The van der Waals surface area contributed by atoms with E-state index < -0.39 is 0 Å². The third-order valence-corrected chi connectivity index (χ3v) is 4.96. The zero-order valence-corrected chi connectivity index (χ0v) is 14.2. The molecule has 5 heteroatoms. The second kappa shape index (κ2) is 6.28. The molecule has 96 valence electrons. The van der Waals surface area contributed by atoms with E-state index in [1.165, 1.54) is 10.4 Å². The highest BCUT2D eigenvalue weighted by atomic mass is 79.9. The Morgan fingerprint density at radius 1 is 1.39 bits per heavy atom. The third-order valence-electron chi connectivity index (χ3n) is 2.84. The Bertz CT molecular complexity index is 540. The van der Waals surface area contributed by atoms with Gasteiger partial charge in [0.1, 0.15) is 0 Å². The molecule has 1 aromatic carbocycles. The van der Waals surface area contributed by atoms with Gasteiger partial charge in [-0.3, -0.25) is 0 Å². The fourth-order valence-corrected chi connectivity index (χ4v) is 3.82. The van der Waals surface area contributed by atoms with Crippen molar-refractivity contribution in [1.29, 1.82) is 0 Å². The number of aromatic nitrogens is 1. The van der Waals surface area contributed by atoms with Crippen LogP contribution in [0.15, 0.2) is 32.7 Å². The Morgan fingerprint density at radius 3 is 2.78 bits per heavy atom. The molecule has 18 heavy (non-hydrogen) atoms. The summed E-state index contributed by atoms with van der Waals surface area (Å²) in [6.45, 7) is 5.08. The van der Waals surface area contributed by atoms with Gasteiger partial charge in [-0.2, -0.15) is 0 Å². The zero-order chi connectivity index (χ0) is 13.1. The molecular weight excluding hydrogens is 376 g/mol. The topological polar surface area (TPSA) is 24.9 Å². The molecule has 0 spiro atoms. The average Bonchev–Trinajstić information content (AvgIpc) is 2.72. The summed E-state index contributed by atoms with van der Waals surface area (Å²) in [5.74, 6) is 0. The van der Waals surface area contributed by atoms with Crippen molar-refractivity contribution in [2.24, 2.45) is 0 Å². The quantitative estimate of drug-likeness (QED) is 0.810. The zero-order valence-electron chi connectivity index (χ0n) is 10.2. The molecule has 2 aromatic rings. The molecule has 0 radical (unpaired) electrons. The van der Waals surface area contributed by atoms with Crippen LogP contribution in [0.3, 0.4) is 0 Å². The van der Waals surface area contributed by atoms with Crippen LogP contribution >= 0.6 is 43.2 Å². The van der Waals surface area contributed by atoms with E-state index in [1.54, 1.807) is 11.3 Å². The maximum Gasteiger partial charge on any atom is 0.0798 e. The van der Waals surface area contributed by atoms with Gasteiger partial charge in [0.15, 0.2) is 0 Å². The van der Waals surface area contributed by atoms with Crippen molar-refractivity contribution in [2.45, 2.75) is 26.4 Å². The number of aryl methyl sites for hydroxylation is 1. The van der Waals surface area contributed by atoms with Crippen LogP contribution in [0, 0.1) is 6.92 Å². The Hall–Kier alpha value is -0.230. The lowest BCUT2D eigenvalue weighted by molar-refractivity contribution is 0.575. The van der Waals surface area contributed by atoms with Crippen LogP contribution in [-0.2, 0) is 6.54 Å². The predicted molar refractivity (Wildman–Crippen MR) is 83.9 cm³/mol. The number of hydrogen-bond acceptors (Lipinski definition) is 3. The van der Waals surface area contributed by atoms with Gasteiger partial charge in [0.25, 0.3) is 0 Å². The molecule has 2 nitrogen and oxygen atoms in total. The molecule has 1 unspecified atom stereocenters. The number of benzene rings is 1. The van der Waals surface area contributed by atoms with Crippen LogP contribution in [-0.4, -0.2) is 4.98 Å². The first-order valence-corrected chi connectivity index (χ1v) is 8.12. The van der Waals surface area contributed by atoms with Crippen LogP contribution in [0.5, 0.6) is 0 Å². The van der Waals surface area contributed by atoms with Crippen LogP contribution in [0.25, 0.3) is 0 Å². The summed E-state index contributed by atoms with van der Waals surface area (Å²) in [5, 5.41) is 3.53. The highest BCUT2D eigenvalue weighted by molar-refractivity contribution is 9.11. The van der Waals surface area contributed by atoms with Gasteiger partial charge < -0.3 is 5.32 Å². The number of thiazole rings is 1. The number of nitrogens with one attached hydrogen (secondary N) is 1. The minimum Gasteiger partial charge on any atom is -0.305 e. The van der Waals surface area contributed by atoms with Gasteiger partial charge in [-0.25, -0.2) is 4.98 Å². The van der Waals surface area contributed by atoms with E-state index in [1.807, 2.05) is 12.4 Å². The number of hydrogen-bond donors (Lipinski definition) is 1. The molecule has 0 bridgehead atoms. The Labute approximate surface area is 128 Å². The van der Waals surface area contributed by atoms with Gasteiger partial charge >= 0.3 is 0 Å². The molecule has 1 heterocycles. The molecule has 0 aliphatic rings. The monoisotopic (exact) mass is 388 g/mol. The van der Waals surface area contributed by atoms with E-state index in [4.69, 9.17) is 0 Å². The molecule has 2 rings (SSSR count). The first-order valence-electron chi connectivity index (χ1n) is 5.65. The normalized spacial score (nSPS) is 12.7. The lowest BCUT2D eigenvalue weighted by Crippen LogP contribution is -2.18. The Morgan fingerprint density at radius 2 is 2.17 bits per heavy atom. The Balaban J connectivity index is 2.03. The lowest BCUT2D eigenvalue weighted by Gasteiger charge is -2.15. The summed E-state index contributed by atoms with van der Waals surface area (Å²) in [4.78, 5) is 5.56. The van der Waals surface area contributed by atoms with E-state index >= 15 is 0 Å². The van der Waals surface area contributed by atoms with E-state index in [0.717, 1.165) is 21.2 Å². The van der Waals surface area contributed by atoms with Gasteiger partial charge in [-0.1, -0.05) is 37.9 Å². The third kappa shape index (κ3) is 3.41. The first kappa shape index (κ1) is 14.2. The van der Waals surface area contributed by atoms with Crippen molar-refractivity contribution in [3.05, 3.63) is 48.8 Å². The smallest absolute Gasteiger partial charge is 0.0798 e. The van der Waals surface area contributed by atoms with Crippen LogP contribution in [0.4, 0.5) is 0 Å². The highest BCUT2D eigenvalue weighted by Gasteiger charge is 2.10. The van der Waals surface area contributed by atoms with Gasteiger partial charge in [0.05, 0.1) is 11.2 Å². The second-order valence-corrected chi connectivity index (χ2v) is 6.84. The lowest BCUT2D eigenvalue weighted by atomic mass is 10.1. The Kier molecular flexibility index (Phi) is 4.95. The molecular formula is C13H14Br2N2S. The summed E-state index contributed by atoms with van der Waals surface area (Å²) >= 11 is 8.77. The van der Waals surface area contributed by atoms with Crippen molar-refractivity contribution >= 4 is 43.2 Å². The van der Waals surface area contributed by atoms with Crippen LogP contribution in [0.2, 0.25) is 0 Å². The van der Waals surface area contributed by atoms with E-state index in [-0.39, 0.29) is 0 Å². The summed E-state index contributed by atoms with van der Waals surface area (Å²) in [7, 11) is 0. The summed E-state index contributed by atoms with van der Waals surface area (Å²) in [6.07, 6.45) is 0. The van der Waals surface area contributed by atoms with E-state index in [0.29, 0.717) is 6.04 Å². The number of halogens is 2. The van der Waals surface area contributed by atoms with Gasteiger partial charge in [-0.15, -0.1) is 11.3 Å². The van der Waals surface area contributed by atoms with Crippen molar-refractivity contribution in [3.8, 4) is 0 Å². The number of nitrogens with zero attached hydrogens (tertiary/aromatic N) is 1.